The van der Waals surface area contributed by atoms with Crippen molar-refractivity contribution in [3.05, 3.63) is 42.0 Å². The van der Waals surface area contributed by atoms with Crippen molar-refractivity contribution in [1.82, 2.24) is 0 Å². The lowest BCUT2D eigenvalue weighted by Gasteiger charge is -2.15. The number of hydrogen-bond donors (Lipinski definition) is 2. The molecule has 0 aliphatic carbocycles. The van der Waals surface area contributed by atoms with Gasteiger partial charge in [0.05, 0.1) is 25.5 Å². The normalized spacial score (nSPS) is 10.3. The average molecular weight is 331 g/mol. The highest BCUT2D eigenvalue weighted by Gasteiger charge is 2.10. The lowest BCUT2D eigenvalue weighted by Crippen LogP contribution is -2.04. The van der Waals surface area contributed by atoms with Gasteiger partial charge in [-0.3, -0.25) is 0 Å². The van der Waals surface area contributed by atoms with Crippen molar-refractivity contribution in [3.8, 4) is 23.0 Å². The number of para-hydroxylation sites is 1. The van der Waals surface area contributed by atoms with E-state index in [0.29, 0.717) is 32.1 Å². The van der Waals surface area contributed by atoms with E-state index in [1.165, 1.54) is 0 Å². The Labute approximate surface area is 143 Å². The van der Waals surface area contributed by atoms with Gasteiger partial charge in [-0.05, 0) is 39.0 Å². The fourth-order valence-corrected chi connectivity index (χ4v) is 2.36. The highest BCUT2D eigenvalue weighted by molar-refractivity contribution is 5.60. The molecule has 0 radical (unpaired) electrons. The SMILES string of the molecule is CCOc1ccc(OCC)c(NCc2cccc(OCC)c2O)c1. The first-order valence-corrected chi connectivity index (χ1v) is 8.26. The van der Waals surface area contributed by atoms with Crippen molar-refractivity contribution in [2.45, 2.75) is 27.3 Å². The molecular weight excluding hydrogens is 306 g/mol. The smallest absolute Gasteiger partial charge is 0.162 e. The van der Waals surface area contributed by atoms with Gasteiger partial charge in [0.25, 0.3) is 0 Å². The number of phenolic OH excluding ortho intramolecular Hbond substituents is 1. The van der Waals surface area contributed by atoms with Crippen molar-refractivity contribution >= 4 is 5.69 Å². The molecule has 0 aromatic heterocycles. The lowest BCUT2D eigenvalue weighted by molar-refractivity contribution is 0.317. The maximum Gasteiger partial charge on any atom is 0.162 e. The zero-order valence-corrected chi connectivity index (χ0v) is 14.5. The summed E-state index contributed by atoms with van der Waals surface area (Å²) in [4.78, 5) is 0. The average Bonchev–Trinajstić information content (AvgIpc) is 2.58. The van der Waals surface area contributed by atoms with Crippen LogP contribution in [-0.4, -0.2) is 24.9 Å². The molecule has 130 valence electrons. The van der Waals surface area contributed by atoms with Gasteiger partial charge >= 0.3 is 0 Å². The second-order valence-electron chi connectivity index (χ2n) is 5.07. The minimum absolute atomic E-state index is 0.158. The van der Waals surface area contributed by atoms with Crippen molar-refractivity contribution < 1.29 is 19.3 Å². The van der Waals surface area contributed by atoms with Gasteiger partial charge in [-0.2, -0.15) is 0 Å². The fourth-order valence-electron chi connectivity index (χ4n) is 2.36. The van der Waals surface area contributed by atoms with Crippen molar-refractivity contribution in [2.75, 3.05) is 25.1 Å². The van der Waals surface area contributed by atoms with Gasteiger partial charge in [0.2, 0.25) is 0 Å². The van der Waals surface area contributed by atoms with Crippen LogP contribution in [0.2, 0.25) is 0 Å². The summed E-state index contributed by atoms with van der Waals surface area (Å²) in [6.45, 7) is 7.91. The summed E-state index contributed by atoms with van der Waals surface area (Å²) >= 11 is 0. The van der Waals surface area contributed by atoms with Crippen LogP contribution in [0.1, 0.15) is 26.3 Å². The molecule has 2 aromatic rings. The molecule has 0 saturated heterocycles. The molecule has 2 rings (SSSR count). The third-order valence-corrected chi connectivity index (χ3v) is 3.41. The van der Waals surface area contributed by atoms with Crippen LogP contribution in [0.15, 0.2) is 36.4 Å². The van der Waals surface area contributed by atoms with Crippen molar-refractivity contribution in [2.24, 2.45) is 0 Å². The maximum atomic E-state index is 10.3. The molecule has 5 heteroatoms. The number of nitrogens with one attached hydrogen (secondary N) is 1. The maximum absolute atomic E-state index is 10.3. The van der Waals surface area contributed by atoms with Crippen LogP contribution in [0.25, 0.3) is 0 Å². The predicted octanol–water partition coefficient (Wildman–Crippen LogP) is 4.20. The number of anilines is 1. The van der Waals surface area contributed by atoms with E-state index in [9.17, 15) is 5.11 Å². The summed E-state index contributed by atoms with van der Waals surface area (Å²) in [7, 11) is 0. The molecule has 0 bridgehead atoms. The summed E-state index contributed by atoms with van der Waals surface area (Å²) in [5, 5.41) is 13.6. The van der Waals surface area contributed by atoms with E-state index in [4.69, 9.17) is 14.2 Å². The molecule has 0 atom stereocenters. The third kappa shape index (κ3) is 4.47. The molecule has 0 spiro atoms. The van der Waals surface area contributed by atoms with E-state index in [1.807, 2.05) is 51.1 Å². The Bertz CT molecular complexity index is 658. The summed E-state index contributed by atoms with van der Waals surface area (Å²) in [6, 6.07) is 11.1. The highest BCUT2D eigenvalue weighted by atomic mass is 16.5. The molecule has 0 unspecified atom stereocenters. The van der Waals surface area contributed by atoms with Gasteiger partial charge < -0.3 is 24.6 Å². The first-order valence-electron chi connectivity index (χ1n) is 8.26. The largest absolute Gasteiger partial charge is 0.504 e. The molecule has 0 fully saturated rings. The fraction of sp³-hybridized carbons (Fsp3) is 0.368. The van der Waals surface area contributed by atoms with E-state index in [0.717, 1.165) is 22.7 Å². The number of hydrogen-bond acceptors (Lipinski definition) is 5. The van der Waals surface area contributed by atoms with Gasteiger partial charge in [-0.15, -0.1) is 0 Å². The van der Waals surface area contributed by atoms with Crippen LogP contribution in [0.4, 0.5) is 5.69 Å². The Morgan fingerprint density at radius 2 is 1.58 bits per heavy atom. The highest BCUT2D eigenvalue weighted by Crippen LogP contribution is 2.33. The minimum atomic E-state index is 0.158. The Morgan fingerprint density at radius 1 is 0.875 bits per heavy atom. The second kappa shape index (κ2) is 8.91. The number of benzene rings is 2. The molecule has 5 nitrogen and oxygen atoms in total. The van der Waals surface area contributed by atoms with E-state index < -0.39 is 0 Å². The Morgan fingerprint density at radius 3 is 2.29 bits per heavy atom. The molecule has 24 heavy (non-hydrogen) atoms. The van der Waals surface area contributed by atoms with Crippen LogP contribution in [-0.2, 0) is 6.54 Å². The van der Waals surface area contributed by atoms with E-state index in [-0.39, 0.29) is 5.75 Å². The van der Waals surface area contributed by atoms with Crippen LogP contribution >= 0.6 is 0 Å². The molecular formula is C19H25NO4. The monoisotopic (exact) mass is 331 g/mol. The van der Waals surface area contributed by atoms with Gasteiger partial charge in [0.15, 0.2) is 11.5 Å². The standard InChI is InChI=1S/C19H25NO4/c1-4-22-15-10-11-17(23-5-2)16(12-15)20-13-14-8-7-9-18(19(14)21)24-6-3/h7-12,20-21H,4-6,13H2,1-3H3. The number of phenols is 1. The zero-order valence-electron chi connectivity index (χ0n) is 14.5. The summed E-state index contributed by atoms with van der Waals surface area (Å²) in [5.74, 6) is 2.17. The van der Waals surface area contributed by atoms with E-state index >= 15 is 0 Å². The molecule has 2 N–H and O–H groups in total. The first kappa shape index (κ1) is 17.8. The molecule has 0 aliphatic rings. The van der Waals surface area contributed by atoms with Gasteiger partial charge in [-0.1, -0.05) is 12.1 Å². The number of rotatable bonds is 9. The van der Waals surface area contributed by atoms with Crippen LogP contribution < -0.4 is 19.5 Å². The minimum Gasteiger partial charge on any atom is -0.504 e. The van der Waals surface area contributed by atoms with Gasteiger partial charge in [-0.25, -0.2) is 0 Å². The predicted molar refractivity (Wildman–Crippen MR) is 95.4 cm³/mol. The second-order valence-corrected chi connectivity index (χ2v) is 5.07. The van der Waals surface area contributed by atoms with Crippen LogP contribution in [0.3, 0.4) is 0 Å². The summed E-state index contributed by atoms with van der Waals surface area (Å²) in [5.41, 5.74) is 1.58. The Balaban J connectivity index is 2.18. The van der Waals surface area contributed by atoms with E-state index in [2.05, 4.69) is 5.32 Å². The molecule has 0 heterocycles. The number of aromatic hydroxyl groups is 1. The molecule has 0 aliphatic heterocycles. The molecule has 2 aromatic carbocycles. The zero-order chi connectivity index (χ0) is 17.4. The van der Waals surface area contributed by atoms with E-state index in [1.54, 1.807) is 6.07 Å². The lowest BCUT2D eigenvalue weighted by atomic mass is 10.1. The van der Waals surface area contributed by atoms with Crippen molar-refractivity contribution in [3.63, 3.8) is 0 Å². The summed E-state index contributed by atoms with van der Waals surface area (Å²) < 4.78 is 16.6. The molecule has 0 amide bonds. The van der Waals surface area contributed by atoms with Crippen LogP contribution in [0, 0.1) is 0 Å². The third-order valence-electron chi connectivity index (χ3n) is 3.41. The topological polar surface area (TPSA) is 60.0 Å². The van der Waals surface area contributed by atoms with Gasteiger partial charge in [0.1, 0.15) is 11.5 Å². The Kier molecular flexibility index (Phi) is 6.61. The first-order chi connectivity index (χ1) is 11.7. The molecule has 0 saturated carbocycles. The van der Waals surface area contributed by atoms with Gasteiger partial charge in [0, 0.05) is 18.2 Å². The van der Waals surface area contributed by atoms with Crippen LogP contribution in [0.5, 0.6) is 23.0 Å². The quantitative estimate of drug-likeness (QED) is 0.721. The van der Waals surface area contributed by atoms with Crippen molar-refractivity contribution in [1.29, 1.82) is 0 Å². The number of ether oxygens (including phenoxy) is 3. The summed E-state index contributed by atoms with van der Waals surface area (Å²) in [6.07, 6.45) is 0. The Hall–Kier alpha value is -2.56.